The second-order valence-electron chi connectivity index (χ2n) is 5.72. The second kappa shape index (κ2) is 6.66. The van der Waals surface area contributed by atoms with Crippen LogP contribution in [0.3, 0.4) is 0 Å². The Morgan fingerprint density at radius 3 is 2.62 bits per heavy atom. The van der Waals surface area contributed by atoms with Gasteiger partial charge in [-0.25, -0.2) is 4.98 Å². The number of nitrogens with zero attached hydrogens (tertiary/aromatic N) is 3. The highest BCUT2D eigenvalue weighted by Gasteiger charge is 2.16. The molecular weight excluding hydrogens is 326 g/mol. The third-order valence-corrected chi connectivity index (χ3v) is 4.67. The van der Waals surface area contributed by atoms with E-state index in [1.807, 2.05) is 12.1 Å². The number of hydrogen-bond acceptors (Lipinski definition) is 6. The zero-order valence-electron chi connectivity index (χ0n) is 13.5. The van der Waals surface area contributed by atoms with Gasteiger partial charge in [0.25, 0.3) is 5.56 Å². The molecule has 3 rings (SSSR count). The van der Waals surface area contributed by atoms with Crippen molar-refractivity contribution in [3.8, 4) is 0 Å². The molecule has 3 aromatic rings. The Kier molecular flexibility index (Phi) is 4.59. The van der Waals surface area contributed by atoms with Crippen LogP contribution in [0.5, 0.6) is 0 Å². The Labute approximate surface area is 142 Å². The fourth-order valence-corrected chi connectivity index (χ4v) is 3.32. The van der Waals surface area contributed by atoms with Crippen LogP contribution in [0.25, 0.3) is 11.2 Å². The van der Waals surface area contributed by atoms with Crippen LogP contribution in [-0.2, 0) is 6.54 Å². The lowest BCUT2D eigenvalue weighted by Crippen LogP contribution is -2.12. The monoisotopic (exact) mass is 345 g/mol. The number of nitrogens with one attached hydrogen (secondary N) is 1. The number of aromatic amines is 1. The summed E-state index contributed by atoms with van der Waals surface area (Å²) in [5.41, 5.74) is 7.10. The fraction of sp³-hybridized carbons (Fsp3) is 0.312. The molecule has 0 saturated heterocycles. The van der Waals surface area contributed by atoms with E-state index in [1.165, 1.54) is 17.3 Å². The Bertz CT molecular complexity index is 915. The van der Waals surface area contributed by atoms with Gasteiger partial charge in [0.1, 0.15) is 0 Å². The van der Waals surface area contributed by atoms with Gasteiger partial charge >= 0.3 is 0 Å². The van der Waals surface area contributed by atoms with Crippen LogP contribution in [0.4, 0.5) is 5.95 Å². The van der Waals surface area contributed by atoms with Gasteiger partial charge in [-0.05, 0) is 23.6 Å². The fourth-order valence-electron chi connectivity index (χ4n) is 2.41. The third-order valence-electron chi connectivity index (χ3n) is 3.67. The van der Waals surface area contributed by atoms with Gasteiger partial charge in [-0.1, -0.05) is 37.7 Å². The first kappa shape index (κ1) is 16.5. The zero-order chi connectivity index (χ0) is 17.3. The highest BCUT2D eigenvalue weighted by Crippen LogP contribution is 2.30. The Morgan fingerprint density at radius 2 is 2.00 bits per heavy atom. The topological polar surface area (TPSA) is 110 Å². The van der Waals surface area contributed by atoms with Gasteiger partial charge in [0.05, 0.1) is 6.61 Å². The van der Waals surface area contributed by atoms with Crippen LogP contribution in [0.15, 0.2) is 39.1 Å². The lowest BCUT2D eigenvalue weighted by Gasteiger charge is -2.08. The van der Waals surface area contributed by atoms with Gasteiger partial charge in [-0.3, -0.25) is 9.78 Å². The summed E-state index contributed by atoms with van der Waals surface area (Å²) in [5, 5.41) is 9.92. The second-order valence-corrected chi connectivity index (χ2v) is 6.76. The van der Waals surface area contributed by atoms with E-state index in [0.717, 1.165) is 4.90 Å². The maximum Gasteiger partial charge on any atom is 0.280 e. The third kappa shape index (κ3) is 3.15. The summed E-state index contributed by atoms with van der Waals surface area (Å²) in [5.74, 6) is 0.498. The molecule has 0 aliphatic rings. The minimum atomic E-state index is -0.383. The lowest BCUT2D eigenvalue weighted by atomic mass is 10.0. The van der Waals surface area contributed by atoms with Gasteiger partial charge in [-0.2, -0.15) is 4.98 Å². The number of aliphatic hydroxyl groups excluding tert-OH is 1. The maximum atomic E-state index is 12.0. The first-order valence-corrected chi connectivity index (χ1v) is 8.46. The van der Waals surface area contributed by atoms with E-state index in [1.54, 1.807) is 4.57 Å². The quantitative estimate of drug-likeness (QED) is 0.652. The number of imidazole rings is 1. The van der Waals surface area contributed by atoms with Crippen LogP contribution >= 0.6 is 11.8 Å². The summed E-state index contributed by atoms with van der Waals surface area (Å²) in [7, 11) is 0. The highest BCUT2D eigenvalue weighted by molar-refractivity contribution is 7.99. The number of aromatic nitrogens is 4. The average Bonchev–Trinajstić information content (AvgIpc) is 2.87. The van der Waals surface area contributed by atoms with E-state index >= 15 is 0 Å². The molecule has 0 radical (unpaired) electrons. The molecule has 0 saturated carbocycles. The number of anilines is 1. The maximum absolute atomic E-state index is 12.0. The van der Waals surface area contributed by atoms with Crippen molar-refractivity contribution >= 4 is 28.9 Å². The Morgan fingerprint density at radius 1 is 1.29 bits per heavy atom. The molecule has 4 N–H and O–H groups in total. The van der Waals surface area contributed by atoms with Gasteiger partial charge in [0.2, 0.25) is 5.95 Å². The van der Waals surface area contributed by atoms with Crippen molar-refractivity contribution in [1.82, 2.24) is 19.5 Å². The van der Waals surface area contributed by atoms with Crippen LogP contribution in [0.1, 0.15) is 25.3 Å². The molecular formula is C16H19N5O2S. The van der Waals surface area contributed by atoms with Crippen LogP contribution < -0.4 is 11.3 Å². The average molecular weight is 345 g/mol. The van der Waals surface area contributed by atoms with Gasteiger partial charge in [0, 0.05) is 11.4 Å². The molecule has 0 aliphatic heterocycles. The molecule has 1 aromatic carbocycles. The van der Waals surface area contributed by atoms with E-state index in [-0.39, 0.29) is 23.6 Å². The molecule has 0 fully saturated rings. The van der Waals surface area contributed by atoms with Crippen LogP contribution in [0, 0.1) is 0 Å². The summed E-state index contributed by atoms with van der Waals surface area (Å²) in [6.07, 6.45) is 0. The number of hydrogen-bond donors (Lipinski definition) is 3. The number of nitrogen functional groups attached to an aromatic ring is 1. The van der Waals surface area contributed by atoms with Gasteiger partial charge in [-0.15, -0.1) is 0 Å². The molecule has 0 aliphatic carbocycles. The first-order chi connectivity index (χ1) is 11.5. The molecule has 0 unspecified atom stereocenters. The summed E-state index contributed by atoms with van der Waals surface area (Å²) < 4.78 is 1.71. The number of rotatable bonds is 5. The zero-order valence-corrected chi connectivity index (χ0v) is 14.3. The van der Waals surface area contributed by atoms with E-state index in [2.05, 4.69) is 40.9 Å². The summed E-state index contributed by atoms with van der Waals surface area (Å²) in [4.78, 5) is 24.0. The van der Waals surface area contributed by atoms with E-state index in [4.69, 9.17) is 5.73 Å². The highest BCUT2D eigenvalue weighted by atomic mass is 32.2. The molecule has 0 amide bonds. The first-order valence-electron chi connectivity index (χ1n) is 7.64. The standard InChI is InChI=1S/C16H19N5O2S/c1-9(2)10-3-5-11(6-4-10)24-16-18-12-13(21(16)7-8-22)19-15(17)20-14(12)23/h3-6,9,22H,7-8H2,1-2H3,(H3,17,19,20,23). The molecule has 2 heterocycles. The Hall–Kier alpha value is -2.32. The number of aliphatic hydroxyl groups is 1. The SMILES string of the molecule is CC(C)c1ccc(Sc2nc3c(=O)[nH]c(N)nc3n2CCO)cc1. The van der Waals surface area contributed by atoms with E-state index < -0.39 is 0 Å². The molecule has 8 heteroatoms. The number of benzene rings is 1. The molecule has 0 spiro atoms. The summed E-state index contributed by atoms with van der Waals surface area (Å²) in [6.45, 7) is 4.49. The predicted octanol–water partition coefficient (Wildman–Crippen LogP) is 1.97. The summed E-state index contributed by atoms with van der Waals surface area (Å²) in [6, 6.07) is 8.20. The minimum absolute atomic E-state index is 0.0319. The van der Waals surface area contributed by atoms with Crippen molar-refractivity contribution in [1.29, 1.82) is 0 Å². The largest absolute Gasteiger partial charge is 0.395 e. The minimum Gasteiger partial charge on any atom is -0.395 e. The molecule has 2 aromatic heterocycles. The number of nitrogens with two attached hydrogens (primary N) is 1. The number of H-pyrrole nitrogens is 1. The van der Waals surface area contributed by atoms with Gasteiger partial charge < -0.3 is 15.4 Å². The Balaban J connectivity index is 2.03. The normalized spacial score (nSPS) is 11.5. The molecule has 126 valence electrons. The molecule has 7 nitrogen and oxygen atoms in total. The number of fused-ring (bicyclic) bond motifs is 1. The molecule has 24 heavy (non-hydrogen) atoms. The molecule has 0 atom stereocenters. The van der Waals surface area contributed by atoms with Crippen molar-refractivity contribution in [2.24, 2.45) is 0 Å². The van der Waals surface area contributed by atoms with Crippen LogP contribution in [-0.4, -0.2) is 31.2 Å². The molecule has 0 bridgehead atoms. The van der Waals surface area contributed by atoms with Crippen molar-refractivity contribution in [2.75, 3.05) is 12.3 Å². The van der Waals surface area contributed by atoms with Gasteiger partial charge in [0.15, 0.2) is 16.3 Å². The predicted molar refractivity (Wildman–Crippen MR) is 94.3 cm³/mol. The van der Waals surface area contributed by atoms with E-state index in [9.17, 15) is 9.90 Å². The lowest BCUT2D eigenvalue weighted by molar-refractivity contribution is 0.273. The van der Waals surface area contributed by atoms with Crippen molar-refractivity contribution < 1.29 is 5.11 Å². The van der Waals surface area contributed by atoms with Crippen molar-refractivity contribution in [3.63, 3.8) is 0 Å². The van der Waals surface area contributed by atoms with Crippen molar-refractivity contribution in [3.05, 3.63) is 40.2 Å². The summed E-state index contributed by atoms with van der Waals surface area (Å²) >= 11 is 1.42. The van der Waals surface area contributed by atoms with E-state index in [0.29, 0.717) is 23.3 Å². The smallest absolute Gasteiger partial charge is 0.280 e. The van der Waals surface area contributed by atoms with Crippen molar-refractivity contribution in [2.45, 2.75) is 36.4 Å². The van der Waals surface area contributed by atoms with Crippen LogP contribution in [0.2, 0.25) is 0 Å².